The molecule has 3 unspecified atom stereocenters. The Morgan fingerprint density at radius 2 is 2.09 bits per heavy atom. The van der Waals surface area contributed by atoms with E-state index in [0.717, 1.165) is 19.4 Å². The Morgan fingerprint density at radius 1 is 1.27 bits per heavy atom. The molecular formula is C16H19FN2O3. The van der Waals surface area contributed by atoms with Crippen molar-refractivity contribution in [2.45, 2.75) is 25.4 Å². The van der Waals surface area contributed by atoms with Gasteiger partial charge < -0.3 is 15.4 Å². The van der Waals surface area contributed by atoms with Crippen LogP contribution in [-0.2, 0) is 14.3 Å². The summed E-state index contributed by atoms with van der Waals surface area (Å²) < 4.78 is 18.5. The first kappa shape index (κ1) is 15.0. The molecule has 1 saturated carbocycles. The topological polar surface area (TPSA) is 67.4 Å². The van der Waals surface area contributed by atoms with Gasteiger partial charge in [-0.3, -0.25) is 9.59 Å². The molecule has 22 heavy (non-hydrogen) atoms. The quantitative estimate of drug-likeness (QED) is 0.870. The summed E-state index contributed by atoms with van der Waals surface area (Å²) in [5.41, 5.74) is 0.412. The zero-order valence-corrected chi connectivity index (χ0v) is 12.2. The average molecular weight is 306 g/mol. The van der Waals surface area contributed by atoms with Gasteiger partial charge in [-0.2, -0.15) is 0 Å². The number of amides is 2. The fraction of sp³-hybridized carbons (Fsp3) is 0.500. The van der Waals surface area contributed by atoms with Crippen molar-refractivity contribution in [2.24, 2.45) is 11.8 Å². The Labute approximate surface area is 128 Å². The number of halogens is 1. The third kappa shape index (κ3) is 3.62. The van der Waals surface area contributed by atoms with E-state index in [9.17, 15) is 14.0 Å². The predicted molar refractivity (Wildman–Crippen MR) is 78.6 cm³/mol. The van der Waals surface area contributed by atoms with Gasteiger partial charge in [0.15, 0.2) is 0 Å². The third-order valence-corrected chi connectivity index (χ3v) is 4.08. The molecule has 0 spiro atoms. The van der Waals surface area contributed by atoms with Gasteiger partial charge in [0.05, 0.1) is 17.9 Å². The SMILES string of the molecule is O=C(NCC1CCCO1)C1CC1C(=O)Nc1cccc(F)c1. The van der Waals surface area contributed by atoms with E-state index in [1.165, 1.54) is 18.2 Å². The Bertz CT molecular complexity index is 572. The number of hydrogen-bond acceptors (Lipinski definition) is 3. The van der Waals surface area contributed by atoms with E-state index in [-0.39, 0.29) is 29.8 Å². The van der Waals surface area contributed by atoms with Crippen molar-refractivity contribution in [3.63, 3.8) is 0 Å². The van der Waals surface area contributed by atoms with Gasteiger partial charge in [-0.05, 0) is 37.5 Å². The number of nitrogens with one attached hydrogen (secondary N) is 2. The molecule has 1 heterocycles. The first-order chi connectivity index (χ1) is 10.6. The second-order valence-corrected chi connectivity index (χ2v) is 5.83. The van der Waals surface area contributed by atoms with Crippen LogP contribution >= 0.6 is 0 Å². The van der Waals surface area contributed by atoms with Crippen molar-refractivity contribution in [2.75, 3.05) is 18.5 Å². The monoisotopic (exact) mass is 306 g/mol. The van der Waals surface area contributed by atoms with E-state index in [1.807, 2.05) is 0 Å². The normalized spacial score (nSPS) is 26.5. The van der Waals surface area contributed by atoms with Crippen LogP contribution in [0.1, 0.15) is 19.3 Å². The summed E-state index contributed by atoms with van der Waals surface area (Å²) in [7, 11) is 0. The molecule has 1 saturated heterocycles. The van der Waals surface area contributed by atoms with Crippen LogP contribution < -0.4 is 10.6 Å². The van der Waals surface area contributed by atoms with Crippen molar-refractivity contribution in [1.29, 1.82) is 0 Å². The Hall–Kier alpha value is -1.95. The molecular weight excluding hydrogens is 287 g/mol. The number of rotatable bonds is 5. The van der Waals surface area contributed by atoms with Crippen LogP contribution in [0.25, 0.3) is 0 Å². The standard InChI is InChI=1S/C16H19FN2O3/c17-10-3-1-4-11(7-10)19-16(21)14-8-13(14)15(20)18-9-12-5-2-6-22-12/h1,3-4,7,12-14H,2,5-6,8-9H2,(H,18,20)(H,19,21). The maximum atomic E-state index is 13.1. The minimum Gasteiger partial charge on any atom is -0.376 e. The van der Waals surface area contributed by atoms with Gasteiger partial charge in [-0.15, -0.1) is 0 Å². The number of carbonyl (C=O) groups is 2. The molecule has 0 radical (unpaired) electrons. The van der Waals surface area contributed by atoms with E-state index in [0.29, 0.717) is 18.7 Å². The molecule has 1 aliphatic heterocycles. The van der Waals surface area contributed by atoms with Gasteiger partial charge in [0, 0.05) is 18.8 Å². The fourth-order valence-corrected chi connectivity index (χ4v) is 2.73. The molecule has 3 atom stereocenters. The molecule has 2 N–H and O–H groups in total. The fourth-order valence-electron chi connectivity index (χ4n) is 2.73. The minimum atomic E-state index is -0.403. The van der Waals surface area contributed by atoms with Crippen molar-refractivity contribution in [1.82, 2.24) is 5.32 Å². The Balaban J connectivity index is 1.44. The molecule has 6 heteroatoms. The number of hydrogen-bond donors (Lipinski definition) is 2. The van der Waals surface area contributed by atoms with E-state index in [4.69, 9.17) is 4.74 Å². The molecule has 2 fully saturated rings. The van der Waals surface area contributed by atoms with Gasteiger partial charge in [-0.1, -0.05) is 6.07 Å². The van der Waals surface area contributed by atoms with Crippen LogP contribution in [-0.4, -0.2) is 31.1 Å². The highest BCUT2D eigenvalue weighted by Gasteiger charge is 2.48. The van der Waals surface area contributed by atoms with Crippen LogP contribution in [0.3, 0.4) is 0 Å². The summed E-state index contributed by atoms with van der Waals surface area (Å²) in [6.45, 7) is 1.26. The van der Waals surface area contributed by atoms with Crippen molar-refractivity contribution in [3.05, 3.63) is 30.1 Å². The minimum absolute atomic E-state index is 0.0993. The molecule has 2 aliphatic rings. The number of anilines is 1. The van der Waals surface area contributed by atoms with Crippen molar-refractivity contribution >= 4 is 17.5 Å². The van der Waals surface area contributed by atoms with Crippen molar-refractivity contribution < 1.29 is 18.7 Å². The number of carbonyl (C=O) groups excluding carboxylic acids is 2. The lowest BCUT2D eigenvalue weighted by atomic mass is 10.2. The van der Waals surface area contributed by atoms with Crippen LogP contribution in [0.5, 0.6) is 0 Å². The summed E-state index contributed by atoms with van der Waals surface area (Å²) in [6.07, 6.45) is 2.64. The van der Waals surface area contributed by atoms with Crippen LogP contribution in [0.2, 0.25) is 0 Å². The molecule has 0 bridgehead atoms. The van der Waals surface area contributed by atoms with E-state index in [2.05, 4.69) is 10.6 Å². The van der Waals surface area contributed by atoms with Crippen LogP contribution in [0.15, 0.2) is 24.3 Å². The summed E-state index contributed by atoms with van der Waals surface area (Å²) in [5.74, 6) is -1.35. The van der Waals surface area contributed by atoms with Gasteiger partial charge in [0.25, 0.3) is 0 Å². The molecule has 2 amide bonds. The molecule has 1 aliphatic carbocycles. The Morgan fingerprint density at radius 3 is 2.82 bits per heavy atom. The number of benzene rings is 1. The zero-order chi connectivity index (χ0) is 15.5. The molecule has 3 rings (SSSR count). The molecule has 118 valence electrons. The molecule has 5 nitrogen and oxygen atoms in total. The first-order valence-electron chi connectivity index (χ1n) is 7.59. The highest BCUT2D eigenvalue weighted by Crippen LogP contribution is 2.39. The second kappa shape index (κ2) is 6.44. The lowest BCUT2D eigenvalue weighted by molar-refractivity contribution is -0.125. The first-order valence-corrected chi connectivity index (χ1v) is 7.59. The lowest BCUT2D eigenvalue weighted by Gasteiger charge is -2.10. The maximum absolute atomic E-state index is 13.1. The third-order valence-electron chi connectivity index (χ3n) is 4.08. The maximum Gasteiger partial charge on any atom is 0.228 e. The van der Waals surface area contributed by atoms with Crippen LogP contribution in [0.4, 0.5) is 10.1 Å². The summed E-state index contributed by atoms with van der Waals surface area (Å²) in [5, 5.41) is 5.48. The highest BCUT2D eigenvalue weighted by molar-refractivity contribution is 5.99. The highest BCUT2D eigenvalue weighted by atomic mass is 19.1. The van der Waals surface area contributed by atoms with Gasteiger partial charge in [-0.25, -0.2) is 4.39 Å². The lowest BCUT2D eigenvalue weighted by Crippen LogP contribution is -2.33. The smallest absolute Gasteiger partial charge is 0.228 e. The van der Waals surface area contributed by atoms with Crippen molar-refractivity contribution in [3.8, 4) is 0 Å². The molecule has 0 aromatic heterocycles. The van der Waals surface area contributed by atoms with Crippen LogP contribution in [0, 0.1) is 17.7 Å². The van der Waals surface area contributed by atoms with E-state index in [1.54, 1.807) is 6.07 Å². The second-order valence-electron chi connectivity index (χ2n) is 5.83. The predicted octanol–water partition coefficient (Wildman–Crippen LogP) is 1.70. The zero-order valence-electron chi connectivity index (χ0n) is 12.2. The molecule has 1 aromatic rings. The van der Waals surface area contributed by atoms with Gasteiger partial charge in [0.1, 0.15) is 5.82 Å². The average Bonchev–Trinajstić information content (AvgIpc) is 3.13. The largest absolute Gasteiger partial charge is 0.376 e. The summed E-state index contributed by atoms with van der Waals surface area (Å²) >= 11 is 0. The Kier molecular flexibility index (Phi) is 4.38. The van der Waals surface area contributed by atoms with Gasteiger partial charge in [0.2, 0.25) is 11.8 Å². The number of ether oxygens (including phenoxy) is 1. The van der Waals surface area contributed by atoms with E-state index >= 15 is 0 Å². The van der Waals surface area contributed by atoms with Gasteiger partial charge >= 0.3 is 0 Å². The summed E-state index contributed by atoms with van der Waals surface area (Å²) in [6, 6.07) is 5.72. The molecule has 1 aromatic carbocycles. The van der Waals surface area contributed by atoms with E-state index < -0.39 is 5.82 Å². The summed E-state index contributed by atoms with van der Waals surface area (Å²) in [4.78, 5) is 24.0.